The monoisotopic (exact) mass is 250 g/mol. The van der Waals surface area contributed by atoms with Gasteiger partial charge in [0.15, 0.2) is 6.10 Å². The van der Waals surface area contributed by atoms with Crippen molar-refractivity contribution in [1.29, 1.82) is 0 Å². The number of benzene rings is 1. The fourth-order valence-electron chi connectivity index (χ4n) is 2.17. The number of imidazole rings is 1. The second-order valence-electron chi connectivity index (χ2n) is 4.31. The first kappa shape index (κ1) is 11.2. The fourth-order valence-corrected chi connectivity index (χ4v) is 2.17. The maximum absolute atomic E-state index is 13.0. The summed E-state index contributed by atoms with van der Waals surface area (Å²) in [6, 6.07) is 4.27. The molecule has 0 bridgehead atoms. The van der Waals surface area contributed by atoms with E-state index < -0.39 is 12.1 Å². The number of aromatic amines is 1. The third kappa shape index (κ3) is 1.84. The molecule has 5 nitrogen and oxygen atoms in total. The minimum atomic E-state index is -0.959. The Morgan fingerprint density at radius 3 is 3.06 bits per heavy atom. The molecule has 1 saturated heterocycles. The number of halogens is 1. The summed E-state index contributed by atoms with van der Waals surface area (Å²) in [6.45, 7) is 0. The Bertz CT molecular complexity index is 610. The van der Waals surface area contributed by atoms with E-state index in [1.54, 1.807) is 6.07 Å². The smallest absolute Gasteiger partial charge is 0.332 e. The first-order chi connectivity index (χ1) is 8.63. The van der Waals surface area contributed by atoms with Gasteiger partial charge in [0.25, 0.3) is 0 Å². The largest absolute Gasteiger partial charge is 0.479 e. The zero-order valence-electron chi connectivity index (χ0n) is 9.39. The number of fused-ring (bicyclic) bond motifs is 1. The summed E-state index contributed by atoms with van der Waals surface area (Å²) in [4.78, 5) is 18.0. The molecule has 2 heterocycles. The Labute approximate surface area is 102 Å². The lowest BCUT2D eigenvalue weighted by molar-refractivity contribution is -0.149. The molecule has 0 saturated carbocycles. The molecule has 1 aromatic carbocycles. The first-order valence-corrected chi connectivity index (χ1v) is 5.67. The average Bonchev–Trinajstić information content (AvgIpc) is 2.93. The Kier molecular flexibility index (Phi) is 2.52. The van der Waals surface area contributed by atoms with Gasteiger partial charge in [-0.15, -0.1) is 0 Å². The van der Waals surface area contributed by atoms with Gasteiger partial charge in [-0.25, -0.2) is 14.2 Å². The highest BCUT2D eigenvalue weighted by Crippen LogP contribution is 2.32. The molecular weight excluding hydrogens is 239 g/mol. The maximum atomic E-state index is 13.0. The number of aromatic nitrogens is 2. The highest BCUT2D eigenvalue weighted by Gasteiger charge is 2.33. The number of carboxylic acid groups (broad SMARTS) is 1. The number of carboxylic acids is 1. The van der Waals surface area contributed by atoms with Crippen molar-refractivity contribution < 1.29 is 19.0 Å². The summed E-state index contributed by atoms with van der Waals surface area (Å²) in [5.41, 5.74) is 1.24. The third-order valence-corrected chi connectivity index (χ3v) is 3.06. The molecular formula is C12H11FN2O3. The van der Waals surface area contributed by atoms with Crippen LogP contribution in [0.25, 0.3) is 11.0 Å². The molecule has 18 heavy (non-hydrogen) atoms. The predicted molar refractivity (Wildman–Crippen MR) is 60.5 cm³/mol. The quantitative estimate of drug-likeness (QED) is 0.854. The van der Waals surface area contributed by atoms with E-state index in [0.717, 1.165) is 0 Å². The summed E-state index contributed by atoms with van der Waals surface area (Å²) in [7, 11) is 0. The van der Waals surface area contributed by atoms with Crippen LogP contribution in [0.4, 0.5) is 4.39 Å². The summed E-state index contributed by atoms with van der Waals surface area (Å²) in [5, 5.41) is 8.85. The maximum Gasteiger partial charge on any atom is 0.332 e. The van der Waals surface area contributed by atoms with Gasteiger partial charge < -0.3 is 14.8 Å². The minimum absolute atomic E-state index is 0.339. The highest BCUT2D eigenvalue weighted by atomic mass is 19.1. The molecule has 0 aliphatic carbocycles. The molecule has 2 aromatic rings. The lowest BCUT2D eigenvalue weighted by Crippen LogP contribution is -2.18. The van der Waals surface area contributed by atoms with Crippen molar-refractivity contribution in [3.8, 4) is 0 Å². The lowest BCUT2D eigenvalue weighted by Gasteiger charge is -2.07. The first-order valence-electron chi connectivity index (χ1n) is 5.67. The van der Waals surface area contributed by atoms with Crippen molar-refractivity contribution in [1.82, 2.24) is 9.97 Å². The van der Waals surface area contributed by atoms with E-state index in [-0.39, 0.29) is 11.9 Å². The number of hydrogen-bond acceptors (Lipinski definition) is 3. The molecule has 0 amide bonds. The number of hydrogen-bond donors (Lipinski definition) is 2. The van der Waals surface area contributed by atoms with Gasteiger partial charge in [-0.05, 0) is 31.0 Å². The van der Waals surface area contributed by atoms with E-state index in [9.17, 15) is 9.18 Å². The second-order valence-corrected chi connectivity index (χ2v) is 4.31. The molecule has 2 atom stereocenters. The van der Waals surface area contributed by atoms with Gasteiger partial charge in [0.2, 0.25) is 0 Å². The number of H-pyrrole nitrogens is 1. The Hall–Kier alpha value is -1.95. The highest BCUT2D eigenvalue weighted by molar-refractivity contribution is 5.75. The zero-order valence-corrected chi connectivity index (χ0v) is 9.39. The molecule has 6 heteroatoms. The van der Waals surface area contributed by atoms with Crippen LogP contribution in [-0.2, 0) is 9.53 Å². The molecule has 94 valence electrons. The summed E-state index contributed by atoms with van der Waals surface area (Å²) < 4.78 is 18.4. The third-order valence-electron chi connectivity index (χ3n) is 3.06. The van der Waals surface area contributed by atoms with Crippen molar-refractivity contribution in [2.75, 3.05) is 0 Å². The van der Waals surface area contributed by atoms with Crippen molar-refractivity contribution in [3.63, 3.8) is 0 Å². The van der Waals surface area contributed by atoms with Gasteiger partial charge in [-0.3, -0.25) is 0 Å². The summed E-state index contributed by atoms with van der Waals surface area (Å²) in [6.07, 6.45) is -0.0773. The molecule has 3 rings (SSSR count). The van der Waals surface area contributed by atoms with Crippen molar-refractivity contribution in [3.05, 3.63) is 29.8 Å². The number of nitrogens with one attached hydrogen (secondary N) is 1. The van der Waals surface area contributed by atoms with Crippen LogP contribution in [0.2, 0.25) is 0 Å². The van der Waals surface area contributed by atoms with E-state index in [2.05, 4.69) is 9.97 Å². The van der Waals surface area contributed by atoms with Crippen molar-refractivity contribution in [2.24, 2.45) is 0 Å². The average molecular weight is 250 g/mol. The van der Waals surface area contributed by atoms with E-state index in [1.807, 2.05) is 0 Å². The number of rotatable bonds is 2. The molecule has 0 radical (unpaired) electrons. The number of nitrogens with zero attached hydrogens (tertiary/aromatic N) is 1. The number of ether oxygens (including phenoxy) is 1. The normalized spacial score (nSPS) is 23.6. The van der Waals surface area contributed by atoms with Crippen LogP contribution in [0, 0.1) is 5.82 Å². The summed E-state index contributed by atoms with van der Waals surface area (Å²) >= 11 is 0. The SMILES string of the molecule is O=C(O)C1CCC(c2nc3ccc(F)cc3[nH]2)O1. The van der Waals surface area contributed by atoms with E-state index in [1.165, 1.54) is 12.1 Å². The Morgan fingerprint density at radius 2 is 2.33 bits per heavy atom. The van der Waals surface area contributed by atoms with Crippen LogP contribution >= 0.6 is 0 Å². The topological polar surface area (TPSA) is 75.2 Å². The Morgan fingerprint density at radius 1 is 1.50 bits per heavy atom. The van der Waals surface area contributed by atoms with Gasteiger partial charge in [-0.1, -0.05) is 0 Å². The zero-order chi connectivity index (χ0) is 12.7. The van der Waals surface area contributed by atoms with E-state index in [4.69, 9.17) is 9.84 Å². The predicted octanol–water partition coefficient (Wildman–Crippen LogP) is 2.01. The van der Waals surface area contributed by atoms with Crippen LogP contribution in [0.5, 0.6) is 0 Å². The standard InChI is InChI=1S/C12H11FN2O3/c13-6-1-2-7-8(5-6)15-11(14-7)9-3-4-10(18-9)12(16)17/h1-2,5,9-10H,3-4H2,(H,14,15)(H,16,17). The molecule has 0 spiro atoms. The molecule has 1 fully saturated rings. The summed E-state index contributed by atoms with van der Waals surface area (Å²) in [5.74, 6) is -0.743. The molecule has 1 aliphatic heterocycles. The fraction of sp³-hybridized carbons (Fsp3) is 0.333. The van der Waals surface area contributed by atoms with Crippen LogP contribution in [0.15, 0.2) is 18.2 Å². The number of carbonyl (C=O) groups is 1. The van der Waals surface area contributed by atoms with Gasteiger partial charge in [-0.2, -0.15) is 0 Å². The van der Waals surface area contributed by atoms with Gasteiger partial charge in [0.1, 0.15) is 17.7 Å². The number of aliphatic carboxylic acids is 1. The van der Waals surface area contributed by atoms with Crippen molar-refractivity contribution in [2.45, 2.75) is 25.0 Å². The lowest BCUT2D eigenvalue weighted by atomic mass is 10.2. The Balaban J connectivity index is 1.89. The van der Waals surface area contributed by atoms with Crippen LogP contribution in [-0.4, -0.2) is 27.1 Å². The van der Waals surface area contributed by atoms with Crippen molar-refractivity contribution >= 4 is 17.0 Å². The van der Waals surface area contributed by atoms with E-state index in [0.29, 0.717) is 29.7 Å². The molecule has 1 aliphatic rings. The second kappa shape index (κ2) is 4.06. The van der Waals surface area contributed by atoms with Crippen LogP contribution in [0.3, 0.4) is 0 Å². The van der Waals surface area contributed by atoms with Gasteiger partial charge in [0, 0.05) is 0 Å². The van der Waals surface area contributed by atoms with Gasteiger partial charge >= 0.3 is 5.97 Å². The van der Waals surface area contributed by atoms with Crippen LogP contribution in [0.1, 0.15) is 24.8 Å². The molecule has 2 unspecified atom stereocenters. The molecule has 1 aromatic heterocycles. The van der Waals surface area contributed by atoms with E-state index >= 15 is 0 Å². The minimum Gasteiger partial charge on any atom is -0.479 e. The van der Waals surface area contributed by atoms with Gasteiger partial charge in [0.05, 0.1) is 11.0 Å². The van der Waals surface area contributed by atoms with Crippen LogP contribution < -0.4 is 0 Å². The molecule has 2 N–H and O–H groups in total.